The molecular formula is C17H17NO3. The standard InChI is InChI=1S/C17H17NO3/c19-9-11-3-1-2-10(6-11)8-18-16(20)14-12-4-5-13(7-12)15(14)17(18)21/h1-6,12-15,19H,7-9H2. The second-order valence-corrected chi connectivity index (χ2v) is 6.24. The molecule has 3 aliphatic rings. The number of aliphatic hydroxyl groups excluding tert-OH is 1. The van der Waals surface area contributed by atoms with Crippen molar-refractivity contribution in [1.82, 2.24) is 4.90 Å². The molecule has 1 heterocycles. The third-order valence-corrected chi connectivity index (χ3v) is 5.08. The van der Waals surface area contributed by atoms with Crippen molar-refractivity contribution < 1.29 is 14.7 Å². The van der Waals surface area contributed by atoms with Gasteiger partial charge in [0.2, 0.25) is 11.8 Å². The van der Waals surface area contributed by atoms with Crippen molar-refractivity contribution >= 4 is 11.8 Å². The van der Waals surface area contributed by atoms with Crippen LogP contribution in [0.15, 0.2) is 36.4 Å². The highest BCUT2D eigenvalue weighted by Gasteiger charge is 2.59. The summed E-state index contributed by atoms with van der Waals surface area (Å²) in [5, 5.41) is 9.18. The van der Waals surface area contributed by atoms with Gasteiger partial charge in [0.05, 0.1) is 25.0 Å². The summed E-state index contributed by atoms with van der Waals surface area (Å²) in [6, 6.07) is 7.41. The van der Waals surface area contributed by atoms with E-state index in [0.717, 1.165) is 17.5 Å². The van der Waals surface area contributed by atoms with Crippen LogP contribution in [0.5, 0.6) is 0 Å². The largest absolute Gasteiger partial charge is 0.392 e. The van der Waals surface area contributed by atoms with Crippen molar-refractivity contribution in [2.75, 3.05) is 0 Å². The van der Waals surface area contributed by atoms with E-state index in [1.165, 1.54) is 4.90 Å². The molecule has 1 aliphatic heterocycles. The number of benzene rings is 1. The van der Waals surface area contributed by atoms with Gasteiger partial charge in [-0.25, -0.2) is 0 Å². The maximum absolute atomic E-state index is 12.6. The number of fused-ring (bicyclic) bond motifs is 5. The number of hydrogen-bond acceptors (Lipinski definition) is 3. The van der Waals surface area contributed by atoms with Gasteiger partial charge in [0.1, 0.15) is 0 Å². The Morgan fingerprint density at radius 1 is 1.05 bits per heavy atom. The molecule has 1 saturated carbocycles. The minimum absolute atomic E-state index is 0.0174. The molecule has 1 aromatic rings. The first kappa shape index (κ1) is 12.8. The molecule has 2 bridgehead atoms. The number of likely N-dealkylation sites (tertiary alicyclic amines) is 1. The average molecular weight is 283 g/mol. The first-order chi connectivity index (χ1) is 10.2. The second-order valence-electron chi connectivity index (χ2n) is 6.24. The van der Waals surface area contributed by atoms with Crippen LogP contribution in [-0.4, -0.2) is 21.8 Å². The van der Waals surface area contributed by atoms with Crippen molar-refractivity contribution in [3.63, 3.8) is 0 Å². The molecule has 1 saturated heterocycles. The molecule has 1 aromatic carbocycles. The fourth-order valence-electron chi connectivity index (χ4n) is 4.13. The van der Waals surface area contributed by atoms with E-state index in [1.807, 2.05) is 24.3 Å². The molecule has 4 atom stereocenters. The number of allylic oxidation sites excluding steroid dienone is 2. The topological polar surface area (TPSA) is 57.6 Å². The summed E-state index contributed by atoms with van der Waals surface area (Å²) in [7, 11) is 0. The molecule has 2 fully saturated rings. The number of nitrogens with zero attached hydrogens (tertiary/aromatic N) is 1. The molecule has 4 rings (SSSR count). The van der Waals surface area contributed by atoms with E-state index in [9.17, 15) is 14.7 Å². The smallest absolute Gasteiger partial charge is 0.234 e. The Bertz CT molecular complexity index is 621. The average Bonchev–Trinajstić information content (AvgIpc) is 3.17. The molecule has 2 amide bonds. The lowest BCUT2D eigenvalue weighted by Gasteiger charge is -2.17. The fourth-order valence-corrected chi connectivity index (χ4v) is 4.13. The highest BCUT2D eigenvalue weighted by Crippen LogP contribution is 2.52. The summed E-state index contributed by atoms with van der Waals surface area (Å²) in [6.07, 6.45) is 5.17. The molecule has 4 unspecified atom stereocenters. The van der Waals surface area contributed by atoms with Crippen molar-refractivity contribution in [2.24, 2.45) is 23.7 Å². The zero-order chi connectivity index (χ0) is 14.6. The Balaban J connectivity index is 1.59. The number of rotatable bonds is 3. The Hall–Kier alpha value is -1.94. The Morgan fingerprint density at radius 2 is 1.67 bits per heavy atom. The van der Waals surface area contributed by atoms with E-state index in [0.29, 0.717) is 6.54 Å². The number of hydrogen-bond donors (Lipinski definition) is 1. The van der Waals surface area contributed by atoms with Gasteiger partial charge < -0.3 is 5.11 Å². The van der Waals surface area contributed by atoms with E-state index in [4.69, 9.17) is 0 Å². The molecule has 0 aromatic heterocycles. The van der Waals surface area contributed by atoms with Crippen LogP contribution in [0.1, 0.15) is 17.5 Å². The van der Waals surface area contributed by atoms with Crippen LogP contribution in [0, 0.1) is 23.7 Å². The van der Waals surface area contributed by atoms with Gasteiger partial charge in [-0.2, -0.15) is 0 Å². The minimum Gasteiger partial charge on any atom is -0.392 e. The zero-order valence-corrected chi connectivity index (χ0v) is 11.6. The number of carbonyl (C=O) groups is 2. The lowest BCUT2D eigenvalue weighted by molar-refractivity contribution is -0.141. The molecule has 0 radical (unpaired) electrons. The summed E-state index contributed by atoms with van der Waals surface area (Å²) in [6.45, 7) is 0.285. The fraction of sp³-hybridized carbons (Fsp3) is 0.412. The summed E-state index contributed by atoms with van der Waals surface area (Å²) < 4.78 is 0. The van der Waals surface area contributed by atoms with Crippen LogP contribution in [0.25, 0.3) is 0 Å². The van der Waals surface area contributed by atoms with E-state index < -0.39 is 0 Å². The van der Waals surface area contributed by atoms with E-state index >= 15 is 0 Å². The third kappa shape index (κ3) is 1.79. The van der Waals surface area contributed by atoms with Crippen molar-refractivity contribution in [2.45, 2.75) is 19.6 Å². The molecule has 2 aliphatic carbocycles. The number of aliphatic hydroxyl groups is 1. The molecule has 0 spiro atoms. The van der Waals surface area contributed by atoms with E-state index in [2.05, 4.69) is 12.2 Å². The minimum atomic E-state index is -0.131. The summed E-state index contributed by atoms with van der Waals surface area (Å²) in [5.74, 6) is 0.213. The summed E-state index contributed by atoms with van der Waals surface area (Å²) in [4.78, 5) is 26.6. The maximum Gasteiger partial charge on any atom is 0.234 e. The predicted molar refractivity (Wildman–Crippen MR) is 75.6 cm³/mol. The SMILES string of the molecule is O=C1C2C3C=CC(C3)C2C(=O)N1Cc1cccc(CO)c1. The third-order valence-electron chi connectivity index (χ3n) is 5.08. The lowest BCUT2D eigenvalue weighted by Crippen LogP contribution is -2.32. The first-order valence-corrected chi connectivity index (χ1v) is 7.41. The van der Waals surface area contributed by atoms with Crippen LogP contribution < -0.4 is 0 Å². The molecule has 4 heteroatoms. The summed E-state index contributed by atoms with van der Waals surface area (Å²) >= 11 is 0. The van der Waals surface area contributed by atoms with Crippen molar-refractivity contribution in [1.29, 1.82) is 0 Å². The van der Waals surface area contributed by atoms with Crippen LogP contribution in [0.4, 0.5) is 0 Å². The van der Waals surface area contributed by atoms with Gasteiger partial charge in [-0.3, -0.25) is 14.5 Å². The van der Waals surface area contributed by atoms with Gasteiger partial charge in [0, 0.05) is 0 Å². The number of carbonyl (C=O) groups excluding carboxylic acids is 2. The van der Waals surface area contributed by atoms with Gasteiger partial charge in [0.25, 0.3) is 0 Å². The van der Waals surface area contributed by atoms with Crippen molar-refractivity contribution in [3.8, 4) is 0 Å². The maximum atomic E-state index is 12.6. The van der Waals surface area contributed by atoms with Crippen molar-refractivity contribution in [3.05, 3.63) is 47.5 Å². The molecule has 4 nitrogen and oxygen atoms in total. The first-order valence-electron chi connectivity index (χ1n) is 7.41. The molecule has 1 N–H and O–H groups in total. The van der Waals surface area contributed by atoms with Crippen LogP contribution in [-0.2, 0) is 22.7 Å². The Labute approximate surface area is 123 Å². The van der Waals surface area contributed by atoms with Gasteiger partial charge in [0.15, 0.2) is 0 Å². The monoisotopic (exact) mass is 283 g/mol. The Kier molecular flexibility index (Phi) is 2.76. The molecule has 21 heavy (non-hydrogen) atoms. The zero-order valence-electron chi connectivity index (χ0n) is 11.6. The van der Waals surface area contributed by atoms with Gasteiger partial charge in [-0.1, -0.05) is 36.4 Å². The van der Waals surface area contributed by atoms with Gasteiger partial charge in [-0.05, 0) is 29.4 Å². The van der Waals surface area contributed by atoms with Crippen LogP contribution in [0.3, 0.4) is 0 Å². The lowest BCUT2D eigenvalue weighted by atomic mass is 9.85. The molecular weight excluding hydrogens is 266 g/mol. The number of imide groups is 1. The highest BCUT2D eigenvalue weighted by atomic mass is 16.3. The van der Waals surface area contributed by atoms with E-state index in [1.54, 1.807) is 0 Å². The predicted octanol–water partition coefficient (Wildman–Crippen LogP) is 1.49. The quantitative estimate of drug-likeness (QED) is 0.675. The molecule has 108 valence electrons. The van der Waals surface area contributed by atoms with Crippen LogP contribution >= 0.6 is 0 Å². The van der Waals surface area contributed by atoms with Gasteiger partial charge >= 0.3 is 0 Å². The number of amides is 2. The second kappa shape index (κ2) is 4.53. The van der Waals surface area contributed by atoms with Gasteiger partial charge in [-0.15, -0.1) is 0 Å². The Morgan fingerprint density at radius 3 is 2.29 bits per heavy atom. The normalized spacial score (nSPS) is 33.1. The van der Waals surface area contributed by atoms with E-state index in [-0.39, 0.29) is 42.1 Å². The van der Waals surface area contributed by atoms with Crippen LogP contribution in [0.2, 0.25) is 0 Å². The highest BCUT2D eigenvalue weighted by molar-refractivity contribution is 6.06. The summed E-state index contributed by atoms with van der Waals surface area (Å²) in [5.41, 5.74) is 1.69.